The van der Waals surface area contributed by atoms with Gasteiger partial charge >= 0.3 is 6.01 Å². The maximum Gasteiger partial charge on any atom is 0.319 e. The van der Waals surface area contributed by atoms with Crippen molar-refractivity contribution in [2.24, 2.45) is 0 Å². The average molecular weight is 618 g/mol. The number of nitrogen functional groups attached to an aromatic ring is 1. The highest BCUT2D eigenvalue weighted by molar-refractivity contribution is 7.16. The number of hydrogen-bond acceptors (Lipinski definition) is 12. The minimum Gasteiger partial charge on any atom is -0.459 e. The monoisotopic (exact) mass is 617 g/mol. The van der Waals surface area contributed by atoms with Crippen molar-refractivity contribution in [2.75, 3.05) is 43.9 Å². The number of aryl methyl sites for hydroxylation is 1. The second-order valence-electron chi connectivity index (χ2n) is 12.3. The molecule has 44 heavy (non-hydrogen) atoms. The topological polar surface area (TPSA) is 151 Å². The molecule has 2 aliphatic heterocycles. The molecule has 0 radical (unpaired) electrons. The third-order valence-corrected chi connectivity index (χ3v) is 10.5. The first-order valence-electron chi connectivity index (χ1n) is 15.2. The standard InChI is InChI=1S/C31H39N9O3S/c1-6-25(41)40-14-13-39(17-18(40)2)24-15-21(34-30(35-24)42-19(3)22-9-8-12-38(22)5)28-36-29(43-37-28)31(4)11-7-10-23-26(31)20(16-32)27(33)44-23/h6,15,18-19,22H,1,7-14,17,33H2,2-5H3/t18-,19+,22+,31+/m1/s1. The molecule has 0 unspecified atom stereocenters. The zero-order valence-corrected chi connectivity index (χ0v) is 26.6. The number of hydrogen-bond donors (Lipinski definition) is 1. The van der Waals surface area contributed by atoms with Crippen molar-refractivity contribution in [3.8, 4) is 23.6 Å². The van der Waals surface area contributed by atoms with Gasteiger partial charge in [-0.2, -0.15) is 20.2 Å². The maximum atomic E-state index is 12.4. The summed E-state index contributed by atoms with van der Waals surface area (Å²) in [4.78, 5) is 34.2. The fraction of sp³-hybridized carbons (Fsp3) is 0.548. The molecule has 0 bridgehead atoms. The zero-order chi connectivity index (χ0) is 31.2. The molecule has 232 valence electrons. The maximum absolute atomic E-state index is 12.4. The van der Waals surface area contributed by atoms with Crippen LogP contribution in [-0.4, -0.2) is 87.2 Å². The van der Waals surface area contributed by atoms with Gasteiger partial charge in [-0.25, -0.2) is 0 Å². The fourth-order valence-electron chi connectivity index (χ4n) is 6.99. The van der Waals surface area contributed by atoms with Crippen LogP contribution in [-0.2, 0) is 16.6 Å². The van der Waals surface area contributed by atoms with Gasteiger partial charge in [-0.1, -0.05) is 11.7 Å². The Morgan fingerprint density at radius 2 is 2.14 bits per heavy atom. The predicted molar refractivity (Wildman–Crippen MR) is 167 cm³/mol. The number of likely N-dealkylation sites (tertiary alicyclic amines) is 1. The first-order chi connectivity index (χ1) is 21.1. The number of carbonyl (C=O) groups excluding carboxylic acids is 1. The Kier molecular flexibility index (Phi) is 8.06. The van der Waals surface area contributed by atoms with E-state index in [0.29, 0.717) is 53.4 Å². The third-order valence-electron chi connectivity index (χ3n) is 9.39. The normalized spacial score (nSPS) is 24.5. The van der Waals surface area contributed by atoms with Crippen LogP contribution in [0.15, 0.2) is 23.2 Å². The van der Waals surface area contributed by atoms with Crippen LogP contribution in [0, 0.1) is 11.3 Å². The lowest BCUT2D eigenvalue weighted by molar-refractivity contribution is -0.128. The van der Waals surface area contributed by atoms with E-state index in [1.165, 1.54) is 17.4 Å². The van der Waals surface area contributed by atoms with Crippen LogP contribution in [0.5, 0.6) is 6.01 Å². The first kappa shape index (κ1) is 30.0. The van der Waals surface area contributed by atoms with Crippen LogP contribution >= 0.6 is 11.3 Å². The molecular weight excluding hydrogens is 578 g/mol. The number of carbonyl (C=O) groups is 1. The van der Waals surface area contributed by atoms with E-state index in [4.69, 9.17) is 29.9 Å². The summed E-state index contributed by atoms with van der Waals surface area (Å²) in [6, 6.07) is 4.63. The van der Waals surface area contributed by atoms with Crippen molar-refractivity contribution in [1.29, 1.82) is 5.26 Å². The summed E-state index contributed by atoms with van der Waals surface area (Å²) in [5.74, 6) is 1.34. The molecule has 0 saturated carbocycles. The number of amides is 1. The van der Waals surface area contributed by atoms with Gasteiger partial charge in [-0.3, -0.25) is 9.69 Å². The smallest absolute Gasteiger partial charge is 0.319 e. The summed E-state index contributed by atoms with van der Waals surface area (Å²) in [6.07, 6.45) is 5.96. The molecule has 6 rings (SSSR count). The Balaban J connectivity index is 1.35. The lowest BCUT2D eigenvalue weighted by Crippen LogP contribution is -2.54. The number of ether oxygens (including phenoxy) is 1. The fourth-order valence-corrected chi connectivity index (χ4v) is 8.18. The Bertz CT molecular complexity index is 1610. The number of thiophene rings is 1. The van der Waals surface area contributed by atoms with Gasteiger partial charge in [-0.15, -0.1) is 11.3 Å². The summed E-state index contributed by atoms with van der Waals surface area (Å²) in [5, 5.41) is 14.8. The molecule has 3 aliphatic rings. The summed E-state index contributed by atoms with van der Waals surface area (Å²) >= 11 is 1.47. The highest BCUT2D eigenvalue weighted by atomic mass is 32.1. The first-order valence-corrected chi connectivity index (χ1v) is 16.0. The average Bonchev–Trinajstić information content (AvgIpc) is 3.75. The number of rotatable bonds is 7. The van der Waals surface area contributed by atoms with Gasteiger partial charge in [0.2, 0.25) is 17.6 Å². The molecule has 5 heterocycles. The summed E-state index contributed by atoms with van der Waals surface area (Å²) in [5.41, 5.74) is 7.47. The Hall–Kier alpha value is -4.02. The number of aromatic nitrogens is 4. The zero-order valence-electron chi connectivity index (χ0n) is 25.7. The number of likely N-dealkylation sites (N-methyl/N-ethyl adjacent to an activating group) is 1. The second kappa shape index (κ2) is 11.8. The van der Waals surface area contributed by atoms with Gasteiger partial charge in [0.05, 0.1) is 11.0 Å². The number of nitrogens with zero attached hydrogens (tertiary/aromatic N) is 8. The van der Waals surface area contributed by atoms with Crippen molar-refractivity contribution in [3.05, 3.63) is 40.6 Å². The van der Waals surface area contributed by atoms with Crippen LogP contribution in [0.2, 0.25) is 0 Å². The molecular formula is C31H39N9O3S. The summed E-state index contributed by atoms with van der Waals surface area (Å²) < 4.78 is 12.3. The number of nitriles is 1. The summed E-state index contributed by atoms with van der Waals surface area (Å²) in [7, 11) is 2.11. The van der Waals surface area contributed by atoms with E-state index < -0.39 is 5.41 Å². The number of fused-ring (bicyclic) bond motifs is 1. The molecule has 2 N–H and O–H groups in total. The quantitative estimate of drug-likeness (QED) is 0.386. The lowest BCUT2D eigenvalue weighted by atomic mass is 9.72. The molecule has 2 fully saturated rings. The molecule has 3 aromatic rings. The van der Waals surface area contributed by atoms with E-state index in [-0.39, 0.29) is 30.1 Å². The van der Waals surface area contributed by atoms with E-state index in [2.05, 4.69) is 41.6 Å². The highest BCUT2D eigenvalue weighted by Gasteiger charge is 2.43. The third kappa shape index (κ3) is 5.30. The Morgan fingerprint density at radius 1 is 1.32 bits per heavy atom. The van der Waals surface area contributed by atoms with E-state index in [1.807, 2.05) is 24.8 Å². The van der Waals surface area contributed by atoms with Crippen LogP contribution in [0.3, 0.4) is 0 Å². The van der Waals surface area contributed by atoms with E-state index in [1.54, 1.807) is 0 Å². The van der Waals surface area contributed by atoms with Gasteiger partial charge in [0.25, 0.3) is 0 Å². The predicted octanol–water partition coefficient (Wildman–Crippen LogP) is 3.77. The second-order valence-corrected chi connectivity index (χ2v) is 13.4. The van der Waals surface area contributed by atoms with Crippen LogP contribution in [0.25, 0.3) is 11.5 Å². The molecule has 3 aromatic heterocycles. The molecule has 12 nitrogen and oxygen atoms in total. The van der Waals surface area contributed by atoms with E-state index in [0.717, 1.165) is 49.1 Å². The number of nitrogens with two attached hydrogens (primary N) is 1. The molecule has 0 spiro atoms. The van der Waals surface area contributed by atoms with Gasteiger partial charge in [0.1, 0.15) is 28.7 Å². The van der Waals surface area contributed by atoms with Gasteiger partial charge in [0.15, 0.2) is 0 Å². The van der Waals surface area contributed by atoms with Crippen LogP contribution < -0.4 is 15.4 Å². The van der Waals surface area contributed by atoms with Crippen molar-refractivity contribution in [2.45, 2.75) is 76.5 Å². The molecule has 1 amide bonds. The van der Waals surface area contributed by atoms with Crippen molar-refractivity contribution < 1.29 is 14.1 Å². The van der Waals surface area contributed by atoms with Crippen molar-refractivity contribution in [3.63, 3.8) is 0 Å². The highest BCUT2D eigenvalue weighted by Crippen LogP contribution is 2.48. The van der Waals surface area contributed by atoms with Crippen LogP contribution in [0.4, 0.5) is 10.8 Å². The van der Waals surface area contributed by atoms with E-state index >= 15 is 0 Å². The Labute approximate surface area is 261 Å². The van der Waals surface area contributed by atoms with Crippen molar-refractivity contribution >= 4 is 28.1 Å². The van der Waals surface area contributed by atoms with Gasteiger partial charge in [-0.05, 0) is 72.5 Å². The van der Waals surface area contributed by atoms with Crippen LogP contribution in [0.1, 0.15) is 68.3 Å². The van der Waals surface area contributed by atoms with Gasteiger partial charge < -0.3 is 24.8 Å². The molecule has 2 saturated heterocycles. The van der Waals surface area contributed by atoms with Gasteiger partial charge in [0, 0.05) is 48.2 Å². The molecule has 1 aliphatic carbocycles. The minimum absolute atomic E-state index is 0.0345. The minimum atomic E-state index is -0.641. The Morgan fingerprint density at radius 3 is 2.84 bits per heavy atom. The van der Waals surface area contributed by atoms with E-state index in [9.17, 15) is 10.1 Å². The summed E-state index contributed by atoms with van der Waals surface area (Å²) in [6.45, 7) is 12.5. The SMILES string of the molecule is C=CC(=O)N1CCN(c2cc(-c3noc([C@@]4(C)CCCc5sc(N)c(C#N)c54)n3)nc(O[C@@H](C)[C@@H]3CCCN3C)n2)C[C@H]1C. The number of anilines is 2. The van der Waals surface area contributed by atoms with Crippen molar-refractivity contribution in [1.82, 2.24) is 29.9 Å². The molecule has 0 aromatic carbocycles. The number of piperazine rings is 1. The largest absolute Gasteiger partial charge is 0.459 e. The molecule has 4 atom stereocenters. The molecule has 13 heteroatoms. The lowest BCUT2D eigenvalue weighted by Gasteiger charge is -2.40.